The maximum Gasteiger partial charge on any atom is 0.233 e. The predicted octanol–water partition coefficient (Wildman–Crippen LogP) is 5.02. The summed E-state index contributed by atoms with van der Waals surface area (Å²) in [6.07, 6.45) is 5.53. The van der Waals surface area contributed by atoms with Crippen LogP contribution in [0.1, 0.15) is 55.8 Å². The number of fused-ring (bicyclic) bond motifs is 1. The third-order valence-electron chi connectivity index (χ3n) is 5.66. The molecule has 3 aromatic rings. The molecule has 7 heteroatoms. The van der Waals surface area contributed by atoms with Gasteiger partial charge in [-0.3, -0.25) is 9.36 Å². The van der Waals surface area contributed by atoms with Crippen molar-refractivity contribution in [1.29, 1.82) is 0 Å². The molecule has 0 unspecified atom stereocenters. The van der Waals surface area contributed by atoms with Crippen molar-refractivity contribution >= 4 is 29.0 Å². The Bertz CT molecular complexity index is 1010. The molecule has 0 saturated heterocycles. The number of carbonyl (C=O) groups excluding carboxylic acids is 1. The molecule has 2 aliphatic rings. The molecule has 5 rings (SSSR count). The van der Waals surface area contributed by atoms with Crippen LogP contribution in [0.5, 0.6) is 0 Å². The summed E-state index contributed by atoms with van der Waals surface area (Å²) in [4.78, 5) is 14.1. The summed E-state index contributed by atoms with van der Waals surface area (Å²) in [5, 5.41) is 14.9. The number of aryl methyl sites for hydroxylation is 1. The van der Waals surface area contributed by atoms with Gasteiger partial charge in [0.25, 0.3) is 0 Å². The van der Waals surface area contributed by atoms with Gasteiger partial charge in [0.05, 0.1) is 16.2 Å². The molecule has 1 amide bonds. The van der Waals surface area contributed by atoms with E-state index in [1.807, 2.05) is 13.0 Å². The van der Waals surface area contributed by atoms with Crippen molar-refractivity contribution in [2.45, 2.75) is 61.5 Å². The molecule has 150 valence electrons. The van der Waals surface area contributed by atoms with E-state index in [-0.39, 0.29) is 17.2 Å². The lowest BCUT2D eigenvalue weighted by atomic mass is 9.88. The first-order valence-corrected chi connectivity index (χ1v) is 12.0. The van der Waals surface area contributed by atoms with Gasteiger partial charge in [-0.25, -0.2) is 0 Å². The maximum absolute atomic E-state index is 13.0. The molecule has 5 nitrogen and oxygen atoms in total. The maximum atomic E-state index is 13.0. The number of benzene rings is 1. The van der Waals surface area contributed by atoms with Crippen LogP contribution >= 0.6 is 23.1 Å². The van der Waals surface area contributed by atoms with E-state index in [9.17, 15) is 4.79 Å². The molecule has 0 radical (unpaired) electrons. The molecule has 2 atom stereocenters. The number of rotatable bonds is 6. The highest BCUT2D eigenvalue weighted by Crippen LogP contribution is 2.42. The quantitative estimate of drug-likeness (QED) is 0.565. The first kappa shape index (κ1) is 18.9. The van der Waals surface area contributed by atoms with Crippen LogP contribution in [0.15, 0.2) is 46.9 Å². The Labute approximate surface area is 178 Å². The van der Waals surface area contributed by atoms with Gasteiger partial charge in [0.15, 0.2) is 11.0 Å². The van der Waals surface area contributed by atoms with Gasteiger partial charge < -0.3 is 5.32 Å². The fourth-order valence-corrected chi connectivity index (χ4v) is 5.63. The second-order valence-corrected chi connectivity index (χ2v) is 10.1. The zero-order valence-electron chi connectivity index (χ0n) is 16.4. The molecule has 1 aromatic carbocycles. The Balaban J connectivity index is 1.31. The van der Waals surface area contributed by atoms with E-state index in [4.69, 9.17) is 0 Å². The van der Waals surface area contributed by atoms with Crippen LogP contribution in [0.4, 0.5) is 0 Å². The van der Waals surface area contributed by atoms with Gasteiger partial charge in [0.1, 0.15) is 0 Å². The monoisotopic (exact) mass is 424 g/mol. The fourth-order valence-electron chi connectivity index (χ4n) is 4.00. The molecule has 29 heavy (non-hydrogen) atoms. The third-order valence-corrected chi connectivity index (χ3v) is 7.58. The highest BCUT2D eigenvalue weighted by molar-refractivity contribution is 8.00. The summed E-state index contributed by atoms with van der Waals surface area (Å²) in [7, 11) is 0. The minimum atomic E-state index is -0.220. The number of aromatic nitrogens is 3. The van der Waals surface area contributed by atoms with Gasteiger partial charge in [0.2, 0.25) is 5.91 Å². The lowest BCUT2D eigenvalue weighted by Gasteiger charge is -2.27. The molecule has 2 aromatic heterocycles. The molecule has 2 heterocycles. The Morgan fingerprint density at radius 1 is 1.21 bits per heavy atom. The lowest BCUT2D eigenvalue weighted by molar-refractivity contribution is -0.121. The number of amides is 1. The van der Waals surface area contributed by atoms with Gasteiger partial charge in [0, 0.05) is 6.04 Å². The number of carbonyl (C=O) groups is 1. The summed E-state index contributed by atoms with van der Waals surface area (Å²) < 4.78 is 2.23. The highest BCUT2D eigenvalue weighted by Gasteiger charge is 2.32. The van der Waals surface area contributed by atoms with Crippen molar-refractivity contribution in [3.63, 3.8) is 0 Å². The second-order valence-electron chi connectivity index (χ2n) is 7.80. The van der Waals surface area contributed by atoms with Crippen LogP contribution in [-0.4, -0.2) is 25.9 Å². The molecule has 1 N–H and O–H groups in total. The topological polar surface area (TPSA) is 59.8 Å². The van der Waals surface area contributed by atoms with Crippen LogP contribution < -0.4 is 5.32 Å². The van der Waals surface area contributed by atoms with Crippen molar-refractivity contribution < 1.29 is 4.79 Å². The second kappa shape index (κ2) is 7.95. The molecule has 0 bridgehead atoms. The summed E-state index contributed by atoms with van der Waals surface area (Å²) in [6, 6.07) is 13.2. The Hall–Kier alpha value is -2.12. The first-order valence-electron chi connectivity index (χ1n) is 10.2. The molecule has 1 saturated carbocycles. The normalized spacial score (nSPS) is 19.6. The fraction of sp³-hybridized carbons (Fsp3) is 0.409. The van der Waals surface area contributed by atoms with Gasteiger partial charge in [-0.15, -0.1) is 21.5 Å². The Kier molecular flexibility index (Phi) is 5.18. The molecule has 1 fully saturated rings. The van der Waals surface area contributed by atoms with Crippen LogP contribution in [0.25, 0.3) is 10.7 Å². The standard InChI is InChI=1S/C22H24N4OS2/c1-14(21(27)23-18-9-4-7-15-6-2-3-8-17(15)18)29-22-25-24-20(19-10-5-13-28-19)26(22)16-11-12-16/h2-3,5-6,8,10,13-14,16,18H,4,7,9,11-12H2,1H3,(H,23,27)/t14-,18+/m0/s1. The third kappa shape index (κ3) is 3.85. The molecule has 2 aliphatic carbocycles. The summed E-state index contributed by atoms with van der Waals surface area (Å²) in [5.41, 5.74) is 2.63. The zero-order chi connectivity index (χ0) is 19.8. The van der Waals surface area contributed by atoms with E-state index in [1.165, 1.54) is 22.9 Å². The zero-order valence-corrected chi connectivity index (χ0v) is 18.0. The van der Waals surface area contributed by atoms with E-state index in [2.05, 4.69) is 55.8 Å². The number of hydrogen-bond donors (Lipinski definition) is 1. The van der Waals surface area contributed by atoms with Crippen LogP contribution in [0, 0.1) is 0 Å². The molecular weight excluding hydrogens is 400 g/mol. The smallest absolute Gasteiger partial charge is 0.233 e. The number of nitrogens with zero attached hydrogens (tertiary/aromatic N) is 3. The van der Waals surface area contributed by atoms with Crippen molar-refractivity contribution in [2.75, 3.05) is 0 Å². The number of hydrogen-bond acceptors (Lipinski definition) is 5. The van der Waals surface area contributed by atoms with Crippen LogP contribution in [-0.2, 0) is 11.2 Å². The summed E-state index contributed by atoms with van der Waals surface area (Å²) in [5.74, 6) is 0.999. The molecule has 0 aliphatic heterocycles. The molecular formula is C22H24N4OS2. The van der Waals surface area contributed by atoms with Gasteiger partial charge >= 0.3 is 0 Å². The number of thiophene rings is 1. The Morgan fingerprint density at radius 2 is 2.07 bits per heavy atom. The Morgan fingerprint density at radius 3 is 2.86 bits per heavy atom. The lowest BCUT2D eigenvalue weighted by Crippen LogP contribution is -2.36. The van der Waals surface area contributed by atoms with Crippen LogP contribution in [0.2, 0.25) is 0 Å². The van der Waals surface area contributed by atoms with E-state index in [0.29, 0.717) is 6.04 Å². The van der Waals surface area contributed by atoms with E-state index in [0.717, 1.165) is 48.0 Å². The number of thioether (sulfide) groups is 1. The summed E-state index contributed by atoms with van der Waals surface area (Å²) >= 11 is 3.20. The minimum absolute atomic E-state index is 0.0692. The average molecular weight is 425 g/mol. The van der Waals surface area contributed by atoms with Gasteiger partial charge in [-0.1, -0.05) is 42.1 Å². The largest absolute Gasteiger partial charge is 0.348 e. The van der Waals surface area contributed by atoms with Crippen molar-refractivity contribution in [2.24, 2.45) is 0 Å². The van der Waals surface area contributed by atoms with E-state index in [1.54, 1.807) is 11.3 Å². The van der Waals surface area contributed by atoms with Crippen LogP contribution in [0.3, 0.4) is 0 Å². The highest BCUT2D eigenvalue weighted by atomic mass is 32.2. The summed E-state index contributed by atoms with van der Waals surface area (Å²) in [6.45, 7) is 1.96. The predicted molar refractivity (Wildman–Crippen MR) is 117 cm³/mol. The van der Waals surface area contributed by atoms with Crippen molar-refractivity contribution in [3.8, 4) is 10.7 Å². The van der Waals surface area contributed by atoms with Crippen molar-refractivity contribution in [1.82, 2.24) is 20.1 Å². The van der Waals surface area contributed by atoms with Crippen molar-refractivity contribution in [3.05, 3.63) is 52.9 Å². The first-order chi connectivity index (χ1) is 14.2. The van der Waals surface area contributed by atoms with Gasteiger partial charge in [-0.05, 0) is 61.6 Å². The SMILES string of the molecule is C[C@H](Sc1nnc(-c2cccs2)n1C1CC1)C(=O)N[C@@H]1CCCc2ccccc21. The van der Waals surface area contributed by atoms with E-state index >= 15 is 0 Å². The number of nitrogens with one attached hydrogen (secondary N) is 1. The molecule has 0 spiro atoms. The minimum Gasteiger partial charge on any atom is -0.348 e. The average Bonchev–Trinajstić information content (AvgIpc) is 3.25. The van der Waals surface area contributed by atoms with E-state index < -0.39 is 0 Å². The van der Waals surface area contributed by atoms with Gasteiger partial charge in [-0.2, -0.15) is 0 Å².